The maximum atomic E-state index is 11.7. The van der Waals surface area contributed by atoms with Crippen LogP contribution in [0.2, 0.25) is 0 Å². The highest BCUT2D eigenvalue weighted by molar-refractivity contribution is 5.90. The molecular formula is C12H20N4O. The van der Waals surface area contributed by atoms with Crippen LogP contribution in [0.15, 0.2) is 12.2 Å². The third kappa shape index (κ3) is 4.01. The fourth-order valence-corrected chi connectivity index (χ4v) is 1.21. The molecule has 1 rings (SSSR count). The molecule has 0 atom stereocenters. The molecule has 5 nitrogen and oxygen atoms in total. The number of H-pyrrole nitrogens is 1. The molecule has 0 aliphatic carbocycles. The van der Waals surface area contributed by atoms with Gasteiger partial charge in [-0.15, -0.1) is 5.10 Å². The van der Waals surface area contributed by atoms with Gasteiger partial charge in [-0.2, -0.15) is 0 Å². The van der Waals surface area contributed by atoms with Crippen molar-refractivity contribution in [1.82, 2.24) is 20.5 Å². The molecular weight excluding hydrogens is 216 g/mol. The Morgan fingerprint density at radius 3 is 2.71 bits per heavy atom. The summed E-state index contributed by atoms with van der Waals surface area (Å²) in [6.45, 7) is 8.60. The van der Waals surface area contributed by atoms with Crippen molar-refractivity contribution in [3.05, 3.63) is 23.8 Å². The maximum Gasteiger partial charge on any atom is 0.290 e. The number of hydrogen-bond donors (Lipinski definition) is 2. The fraction of sp³-hybridized carbons (Fsp3) is 0.583. The van der Waals surface area contributed by atoms with Crippen LogP contribution in [0.25, 0.3) is 0 Å². The molecule has 5 heteroatoms. The molecule has 0 fully saturated rings. The summed E-state index contributed by atoms with van der Waals surface area (Å²) in [7, 11) is 0. The fourth-order valence-electron chi connectivity index (χ4n) is 1.21. The summed E-state index contributed by atoms with van der Waals surface area (Å²) in [6, 6.07) is 0. The number of rotatable bonds is 4. The van der Waals surface area contributed by atoms with E-state index >= 15 is 0 Å². The molecule has 94 valence electrons. The van der Waals surface area contributed by atoms with Crippen molar-refractivity contribution in [2.45, 2.75) is 39.5 Å². The summed E-state index contributed by atoms with van der Waals surface area (Å²) in [6.07, 6.45) is 4.77. The van der Waals surface area contributed by atoms with Gasteiger partial charge in [0.25, 0.3) is 5.91 Å². The second-order valence-electron chi connectivity index (χ2n) is 4.87. The topological polar surface area (TPSA) is 70.7 Å². The van der Waals surface area contributed by atoms with Gasteiger partial charge < -0.3 is 5.32 Å². The van der Waals surface area contributed by atoms with Crippen molar-refractivity contribution in [2.24, 2.45) is 0 Å². The molecule has 2 N–H and O–H groups in total. The van der Waals surface area contributed by atoms with Crippen LogP contribution in [0.4, 0.5) is 0 Å². The van der Waals surface area contributed by atoms with Crippen molar-refractivity contribution < 1.29 is 4.79 Å². The predicted molar refractivity (Wildman–Crippen MR) is 66.8 cm³/mol. The smallest absolute Gasteiger partial charge is 0.290 e. The third-order valence-electron chi connectivity index (χ3n) is 2.23. The molecule has 0 bridgehead atoms. The van der Waals surface area contributed by atoms with Crippen LogP contribution in [-0.4, -0.2) is 27.6 Å². The first-order valence-corrected chi connectivity index (χ1v) is 5.77. The minimum atomic E-state index is -0.235. The van der Waals surface area contributed by atoms with Crippen molar-refractivity contribution in [1.29, 1.82) is 0 Å². The van der Waals surface area contributed by atoms with E-state index in [1.54, 1.807) is 0 Å². The Kier molecular flexibility index (Phi) is 4.43. The molecule has 1 heterocycles. The molecule has 0 saturated carbocycles. The quantitative estimate of drug-likeness (QED) is 0.618. The number of aromatic amines is 1. The molecule has 0 saturated heterocycles. The molecule has 0 radical (unpaired) electrons. The largest absolute Gasteiger partial charge is 0.349 e. The van der Waals surface area contributed by atoms with Crippen molar-refractivity contribution in [2.75, 3.05) is 6.54 Å². The molecule has 0 aliphatic heterocycles. The Labute approximate surface area is 102 Å². The molecule has 0 spiro atoms. The van der Waals surface area contributed by atoms with Crippen LogP contribution in [0.1, 0.15) is 50.6 Å². The van der Waals surface area contributed by atoms with E-state index in [1.807, 2.05) is 39.8 Å². The number of carbonyl (C=O) groups excluding carboxylic acids is 1. The van der Waals surface area contributed by atoms with Crippen LogP contribution in [0.5, 0.6) is 0 Å². The minimum Gasteiger partial charge on any atom is -0.349 e. The van der Waals surface area contributed by atoms with Gasteiger partial charge in [-0.25, -0.2) is 4.98 Å². The minimum absolute atomic E-state index is 0.128. The van der Waals surface area contributed by atoms with Gasteiger partial charge in [-0.05, 0) is 13.3 Å². The first kappa shape index (κ1) is 13.4. The Balaban J connectivity index is 2.55. The Hall–Kier alpha value is -1.65. The van der Waals surface area contributed by atoms with Crippen molar-refractivity contribution in [3.63, 3.8) is 0 Å². The summed E-state index contributed by atoms with van der Waals surface area (Å²) < 4.78 is 0. The Bertz CT molecular complexity index is 401. The van der Waals surface area contributed by atoms with E-state index < -0.39 is 0 Å². The molecule has 0 aliphatic rings. The highest BCUT2D eigenvalue weighted by Crippen LogP contribution is 2.17. The van der Waals surface area contributed by atoms with E-state index in [4.69, 9.17) is 0 Å². The number of aromatic nitrogens is 3. The van der Waals surface area contributed by atoms with E-state index in [0.717, 1.165) is 12.2 Å². The van der Waals surface area contributed by atoms with Crippen LogP contribution < -0.4 is 5.32 Å². The molecule has 0 aromatic carbocycles. The van der Waals surface area contributed by atoms with Crippen LogP contribution in [0.3, 0.4) is 0 Å². The van der Waals surface area contributed by atoms with Crippen molar-refractivity contribution in [3.8, 4) is 0 Å². The first-order valence-electron chi connectivity index (χ1n) is 5.77. The number of nitrogens with zero attached hydrogens (tertiary/aromatic N) is 2. The summed E-state index contributed by atoms with van der Waals surface area (Å²) in [5, 5.41) is 9.47. The Morgan fingerprint density at radius 1 is 1.47 bits per heavy atom. The van der Waals surface area contributed by atoms with Gasteiger partial charge in [0.1, 0.15) is 5.82 Å². The number of hydrogen-bond acceptors (Lipinski definition) is 3. The number of amides is 1. The van der Waals surface area contributed by atoms with Crippen LogP contribution >= 0.6 is 0 Å². The first-order chi connectivity index (χ1) is 7.95. The highest BCUT2D eigenvalue weighted by atomic mass is 16.2. The summed E-state index contributed by atoms with van der Waals surface area (Å²) in [5.41, 5.74) is -0.128. The average molecular weight is 236 g/mol. The maximum absolute atomic E-state index is 11.7. The number of carbonyl (C=O) groups is 1. The van der Waals surface area contributed by atoms with E-state index in [9.17, 15) is 4.79 Å². The zero-order valence-electron chi connectivity index (χ0n) is 10.9. The monoisotopic (exact) mass is 236 g/mol. The van der Waals surface area contributed by atoms with Gasteiger partial charge in [-0.1, -0.05) is 32.9 Å². The molecule has 1 aromatic heterocycles. The zero-order valence-corrected chi connectivity index (χ0v) is 10.9. The summed E-state index contributed by atoms with van der Waals surface area (Å²) >= 11 is 0. The lowest BCUT2D eigenvalue weighted by atomic mass is 9.96. The summed E-state index contributed by atoms with van der Waals surface area (Å²) in [5.74, 6) is 0.688. The van der Waals surface area contributed by atoms with Crippen LogP contribution in [0, 0.1) is 0 Å². The lowest BCUT2D eigenvalue weighted by Crippen LogP contribution is -2.25. The van der Waals surface area contributed by atoms with E-state index in [0.29, 0.717) is 6.54 Å². The van der Waals surface area contributed by atoms with Gasteiger partial charge in [-0.3, -0.25) is 9.89 Å². The average Bonchev–Trinajstić information content (AvgIpc) is 2.72. The summed E-state index contributed by atoms with van der Waals surface area (Å²) in [4.78, 5) is 15.9. The number of nitrogens with one attached hydrogen (secondary N) is 2. The standard InChI is InChI=1S/C12H20N4O/c1-5-6-7-8-13-10(17)9-14-11(16-15-9)12(2,3)4/h5-6H,7-8H2,1-4H3,(H,13,17)(H,14,15,16)/b6-5+. The second-order valence-corrected chi connectivity index (χ2v) is 4.87. The van der Waals surface area contributed by atoms with Crippen molar-refractivity contribution >= 4 is 5.91 Å². The predicted octanol–water partition coefficient (Wildman–Crippen LogP) is 1.80. The third-order valence-corrected chi connectivity index (χ3v) is 2.23. The van der Waals surface area contributed by atoms with Gasteiger partial charge in [0.2, 0.25) is 5.82 Å². The normalized spacial score (nSPS) is 12.0. The number of allylic oxidation sites excluding steroid dienone is 1. The van der Waals surface area contributed by atoms with Gasteiger partial charge in [0.05, 0.1) is 0 Å². The molecule has 17 heavy (non-hydrogen) atoms. The molecule has 0 unspecified atom stereocenters. The molecule has 1 aromatic rings. The zero-order chi connectivity index (χ0) is 12.9. The van der Waals surface area contributed by atoms with E-state index in [-0.39, 0.29) is 17.1 Å². The van der Waals surface area contributed by atoms with Crippen LogP contribution in [-0.2, 0) is 5.41 Å². The van der Waals surface area contributed by atoms with E-state index in [1.165, 1.54) is 0 Å². The van der Waals surface area contributed by atoms with Gasteiger partial charge in [0.15, 0.2) is 0 Å². The second kappa shape index (κ2) is 5.61. The Morgan fingerprint density at radius 2 is 2.18 bits per heavy atom. The molecule has 1 amide bonds. The SMILES string of the molecule is C/C=C/CCNC(=O)c1n[nH]c(C(C)(C)C)n1. The van der Waals surface area contributed by atoms with E-state index in [2.05, 4.69) is 20.5 Å². The van der Waals surface area contributed by atoms with Gasteiger partial charge >= 0.3 is 0 Å². The highest BCUT2D eigenvalue weighted by Gasteiger charge is 2.20. The van der Waals surface area contributed by atoms with Gasteiger partial charge in [0, 0.05) is 12.0 Å². The lowest BCUT2D eigenvalue weighted by molar-refractivity contribution is 0.0944. The lowest BCUT2D eigenvalue weighted by Gasteiger charge is -2.12.